The second kappa shape index (κ2) is 8.61. The summed E-state index contributed by atoms with van der Waals surface area (Å²) in [7, 11) is 1.55. The molecular weight excluding hydrogens is 398 g/mol. The van der Waals surface area contributed by atoms with Crippen LogP contribution in [0.2, 0.25) is 0 Å². The lowest BCUT2D eigenvalue weighted by Crippen LogP contribution is -2.54. The van der Waals surface area contributed by atoms with Gasteiger partial charge in [0.1, 0.15) is 5.57 Å². The highest BCUT2D eigenvalue weighted by Gasteiger charge is 2.33. The van der Waals surface area contributed by atoms with E-state index in [9.17, 15) is 9.59 Å². The van der Waals surface area contributed by atoms with Gasteiger partial charge in [-0.15, -0.1) is 0 Å². The van der Waals surface area contributed by atoms with Crippen molar-refractivity contribution in [3.05, 3.63) is 77.5 Å². The monoisotopic (exact) mass is 419 g/mol. The lowest BCUT2D eigenvalue weighted by molar-refractivity contribution is -0.129. The van der Waals surface area contributed by atoms with Crippen LogP contribution in [0.15, 0.2) is 66.4 Å². The van der Waals surface area contributed by atoms with Crippen molar-refractivity contribution in [2.24, 2.45) is 0 Å². The third kappa shape index (κ3) is 3.90. The summed E-state index contributed by atoms with van der Waals surface area (Å²) in [5.74, 6) is -0.903. The Balaban J connectivity index is 1.74. The van der Waals surface area contributed by atoms with Crippen LogP contribution in [-0.2, 0) is 20.9 Å². The molecule has 30 heavy (non-hydrogen) atoms. The van der Waals surface area contributed by atoms with Gasteiger partial charge in [-0.25, -0.2) is 0 Å². The Kier molecular flexibility index (Phi) is 5.74. The van der Waals surface area contributed by atoms with E-state index in [1.807, 2.05) is 48.7 Å². The van der Waals surface area contributed by atoms with Gasteiger partial charge in [0.15, 0.2) is 5.11 Å². The second-order valence-electron chi connectivity index (χ2n) is 6.98. The van der Waals surface area contributed by atoms with Crippen LogP contribution < -0.4 is 5.32 Å². The predicted octanol–water partition coefficient (Wildman–Crippen LogP) is 2.96. The van der Waals surface area contributed by atoms with Crippen LogP contribution in [-0.4, -0.2) is 46.7 Å². The Bertz CT molecular complexity index is 1150. The maximum absolute atomic E-state index is 12.9. The summed E-state index contributed by atoms with van der Waals surface area (Å²) < 4.78 is 7.17. The highest BCUT2D eigenvalue weighted by Crippen LogP contribution is 2.25. The van der Waals surface area contributed by atoms with Crippen molar-refractivity contribution in [1.29, 1.82) is 0 Å². The number of thiocarbonyl (C=S) groups is 1. The van der Waals surface area contributed by atoms with Crippen LogP contribution in [0.3, 0.4) is 0 Å². The van der Waals surface area contributed by atoms with Gasteiger partial charge in [0.25, 0.3) is 11.8 Å². The van der Waals surface area contributed by atoms with Crippen LogP contribution in [0.4, 0.5) is 0 Å². The SMILES string of the molecule is COCCN1C(=O)C(=Cc2cn(Cc3ccccc3)c3ccccc23)C(=O)NC1=S. The molecule has 1 fully saturated rings. The van der Waals surface area contributed by atoms with Crippen LogP contribution in [0.5, 0.6) is 0 Å². The van der Waals surface area contributed by atoms with Crippen molar-refractivity contribution in [3.63, 3.8) is 0 Å². The van der Waals surface area contributed by atoms with E-state index in [2.05, 4.69) is 22.0 Å². The van der Waals surface area contributed by atoms with Gasteiger partial charge in [-0.3, -0.25) is 19.8 Å². The van der Waals surface area contributed by atoms with E-state index in [1.54, 1.807) is 13.2 Å². The minimum atomic E-state index is -0.487. The molecule has 4 rings (SSSR count). The molecule has 3 aromatic rings. The van der Waals surface area contributed by atoms with E-state index in [0.29, 0.717) is 13.2 Å². The van der Waals surface area contributed by atoms with E-state index in [4.69, 9.17) is 17.0 Å². The molecule has 2 amide bonds. The number of nitrogens with zero attached hydrogens (tertiary/aromatic N) is 2. The maximum atomic E-state index is 12.9. The Labute approximate surface area is 179 Å². The quantitative estimate of drug-likeness (QED) is 0.379. The fourth-order valence-corrected chi connectivity index (χ4v) is 3.80. The summed E-state index contributed by atoms with van der Waals surface area (Å²) in [4.78, 5) is 26.8. The third-order valence-corrected chi connectivity index (χ3v) is 5.34. The second-order valence-corrected chi connectivity index (χ2v) is 7.37. The smallest absolute Gasteiger partial charge is 0.265 e. The van der Waals surface area contributed by atoms with Gasteiger partial charge in [-0.1, -0.05) is 48.5 Å². The molecule has 2 aromatic carbocycles. The van der Waals surface area contributed by atoms with E-state index in [0.717, 1.165) is 16.5 Å². The number of ether oxygens (including phenoxy) is 1. The average molecular weight is 420 g/mol. The van der Waals surface area contributed by atoms with E-state index in [1.165, 1.54) is 10.5 Å². The first-order chi connectivity index (χ1) is 14.6. The fourth-order valence-electron chi connectivity index (χ4n) is 3.54. The van der Waals surface area contributed by atoms with Crippen LogP contribution in [0, 0.1) is 0 Å². The molecule has 2 heterocycles. The topological polar surface area (TPSA) is 63.6 Å². The molecule has 1 N–H and O–H groups in total. The summed E-state index contributed by atoms with van der Waals surface area (Å²) in [6.07, 6.45) is 3.61. The van der Waals surface area contributed by atoms with E-state index in [-0.39, 0.29) is 17.2 Å². The number of amides is 2. The standard InChI is InChI=1S/C23H21N3O3S/c1-29-12-11-26-22(28)19(21(27)24-23(26)30)13-17-15-25(14-16-7-3-2-4-8-16)20-10-6-5-9-18(17)20/h2-10,13,15H,11-12,14H2,1H3,(H,24,27,30). The maximum Gasteiger partial charge on any atom is 0.265 e. The summed E-state index contributed by atoms with van der Waals surface area (Å²) in [6, 6.07) is 18.1. The zero-order chi connectivity index (χ0) is 21.1. The molecule has 1 aliphatic rings. The van der Waals surface area contributed by atoms with Crippen LogP contribution in [0.1, 0.15) is 11.1 Å². The molecule has 0 atom stereocenters. The van der Waals surface area contributed by atoms with Crippen molar-refractivity contribution in [3.8, 4) is 0 Å². The van der Waals surface area contributed by atoms with E-state index < -0.39 is 11.8 Å². The molecule has 0 bridgehead atoms. The molecule has 1 aromatic heterocycles. The number of carbonyl (C=O) groups is 2. The van der Waals surface area contributed by atoms with Gasteiger partial charge >= 0.3 is 0 Å². The number of benzene rings is 2. The first-order valence-corrected chi connectivity index (χ1v) is 9.99. The lowest BCUT2D eigenvalue weighted by atomic mass is 10.1. The number of aromatic nitrogens is 1. The average Bonchev–Trinajstić information content (AvgIpc) is 3.09. The first-order valence-electron chi connectivity index (χ1n) is 9.58. The normalized spacial score (nSPS) is 15.8. The van der Waals surface area contributed by atoms with Gasteiger partial charge < -0.3 is 9.30 Å². The van der Waals surface area contributed by atoms with Gasteiger partial charge in [-0.2, -0.15) is 0 Å². The molecule has 1 aliphatic heterocycles. The lowest BCUT2D eigenvalue weighted by Gasteiger charge is -2.28. The first kappa shape index (κ1) is 20.0. The van der Waals surface area contributed by atoms with Gasteiger partial charge in [0.05, 0.1) is 13.2 Å². The minimum absolute atomic E-state index is 0.0577. The molecule has 152 valence electrons. The molecule has 6 nitrogen and oxygen atoms in total. The number of fused-ring (bicyclic) bond motifs is 1. The number of para-hydroxylation sites is 1. The highest BCUT2D eigenvalue weighted by molar-refractivity contribution is 7.80. The number of hydrogen-bond acceptors (Lipinski definition) is 4. The molecule has 0 spiro atoms. The molecular formula is C23H21N3O3S. The zero-order valence-corrected chi connectivity index (χ0v) is 17.3. The highest BCUT2D eigenvalue weighted by atomic mass is 32.1. The summed E-state index contributed by atoms with van der Waals surface area (Å²) >= 11 is 5.15. The third-order valence-electron chi connectivity index (χ3n) is 5.02. The summed E-state index contributed by atoms with van der Waals surface area (Å²) in [5, 5.41) is 3.67. The number of methoxy groups -OCH3 is 1. The van der Waals surface area contributed by atoms with Crippen molar-refractivity contribution >= 4 is 46.1 Å². The fraction of sp³-hybridized carbons (Fsp3) is 0.174. The predicted molar refractivity (Wildman–Crippen MR) is 120 cm³/mol. The zero-order valence-electron chi connectivity index (χ0n) is 16.5. The van der Waals surface area contributed by atoms with Gasteiger partial charge in [0, 0.05) is 36.3 Å². The molecule has 0 aliphatic carbocycles. The van der Waals surface area contributed by atoms with Crippen LogP contribution in [0.25, 0.3) is 17.0 Å². The Morgan fingerprint density at radius 1 is 1.07 bits per heavy atom. The van der Waals surface area contributed by atoms with Gasteiger partial charge in [-0.05, 0) is 29.9 Å². The molecule has 0 unspecified atom stereocenters. The van der Waals surface area contributed by atoms with Gasteiger partial charge in [0.2, 0.25) is 0 Å². The molecule has 0 saturated carbocycles. The van der Waals surface area contributed by atoms with Crippen molar-refractivity contribution in [2.45, 2.75) is 6.54 Å². The minimum Gasteiger partial charge on any atom is -0.383 e. The number of rotatable bonds is 6. The van der Waals surface area contributed by atoms with E-state index >= 15 is 0 Å². The molecule has 1 saturated heterocycles. The number of carbonyl (C=O) groups excluding carboxylic acids is 2. The largest absolute Gasteiger partial charge is 0.383 e. The number of nitrogens with one attached hydrogen (secondary N) is 1. The van der Waals surface area contributed by atoms with Crippen molar-refractivity contribution in [2.75, 3.05) is 20.3 Å². The molecule has 0 radical (unpaired) electrons. The van der Waals surface area contributed by atoms with Crippen molar-refractivity contribution in [1.82, 2.24) is 14.8 Å². The summed E-state index contributed by atoms with van der Waals surface area (Å²) in [6.45, 7) is 1.29. The Morgan fingerprint density at radius 2 is 1.80 bits per heavy atom. The summed E-state index contributed by atoms with van der Waals surface area (Å²) in [5.41, 5.74) is 3.06. The Morgan fingerprint density at radius 3 is 2.57 bits per heavy atom. The molecule has 7 heteroatoms. The van der Waals surface area contributed by atoms with Crippen molar-refractivity contribution < 1.29 is 14.3 Å². The number of hydrogen-bond donors (Lipinski definition) is 1. The Hall–Kier alpha value is -3.29. The van der Waals surface area contributed by atoms with Crippen LogP contribution >= 0.6 is 12.2 Å².